The van der Waals surface area contributed by atoms with E-state index >= 15 is 0 Å². The fourth-order valence-electron chi connectivity index (χ4n) is 3.76. The second kappa shape index (κ2) is 7.14. The normalized spacial score (nSPS) is 23.9. The molecule has 3 aliphatic rings. The van der Waals surface area contributed by atoms with Crippen LogP contribution in [0.5, 0.6) is 0 Å². The molecule has 3 N–H and O–H groups in total. The highest BCUT2D eigenvalue weighted by Crippen LogP contribution is 2.28. The Bertz CT molecular complexity index is 744. The molecule has 3 amide bonds. The van der Waals surface area contributed by atoms with E-state index < -0.39 is 6.04 Å². The van der Waals surface area contributed by atoms with Crippen molar-refractivity contribution >= 4 is 17.7 Å². The summed E-state index contributed by atoms with van der Waals surface area (Å²) in [4.78, 5) is 37.7. The smallest absolute Gasteiger partial charge is 0.255 e. The fraction of sp³-hybridized carbons (Fsp3) is 0.500. The Kier molecular flexibility index (Phi) is 4.71. The lowest BCUT2D eigenvalue weighted by Crippen LogP contribution is -2.52. The van der Waals surface area contributed by atoms with Crippen molar-refractivity contribution < 1.29 is 14.4 Å². The standard InChI is InChI=1S/C18H23N5O3/c24-16-4-3-15(17(25)21-16)23-11-13-9-12(1-2-14(13)18(23)26)10-20-22-7-5-19-6-8-22/h1-2,9,15,19-20H,3-8,10-11H2,(H,21,24,25). The number of fused-ring (bicyclic) bond motifs is 1. The average Bonchev–Trinajstić information content (AvgIpc) is 2.97. The van der Waals surface area contributed by atoms with Gasteiger partial charge < -0.3 is 10.2 Å². The molecule has 26 heavy (non-hydrogen) atoms. The molecule has 1 aromatic rings. The second-order valence-electron chi connectivity index (χ2n) is 6.96. The van der Waals surface area contributed by atoms with Crippen LogP contribution >= 0.6 is 0 Å². The molecule has 0 bridgehead atoms. The first-order valence-corrected chi connectivity index (χ1v) is 9.07. The molecule has 4 rings (SSSR count). The van der Waals surface area contributed by atoms with Gasteiger partial charge in [-0.3, -0.25) is 25.1 Å². The third-order valence-electron chi connectivity index (χ3n) is 5.21. The molecule has 2 fully saturated rings. The first-order chi connectivity index (χ1) is 12.6. The minimum atomic E-state index is -0.560. The Morgan fingerprint density at radius 2 is 1.96 bits per heavy atom. The Morgan fingerprint density at radius 1 is 1.15 bits per heavy atom. The molecular weight excluding hydrogens is 334 g/mol. The van der Waals surface area contributed by atoms with Crippen LogP contribution in [0.3, 0.4) is 0 Å². The van der Waals surface area contributed by atoms with Crippen LogP contribution in [0.15, 0.2) is 18.2 Å². The predicted octanol–water partition coefficient (Wildman–Crippen LogP) is -0.643. The summed E-state index contributed by atoms with van der Waals surface area (Å²) in [7, 11) is 0. The Hall–Kier alpha value is -2.29. The number of hydrogen-bond acceptors (Lipinski definition) is 6. The summed E-state index contributed by atoms with van der Waals surface area (Å²) in [5.41, 5.74) is 6.13. The maximum atomic E-state index is 12.7. The third-order valence-corrected chi connectivity index (χ3v) is 5.21. The van der Waals surface area contributed by atoms with Crippen LogP contribution in [-0.2, 0) is 22.7 Å². The van der Waals surface area contributed by atoms with Gasteiger partial charge in [-0.2, -0.15) is 0 Å². The zero-order valence-electron chi connectivity index (χ0n) is 14.6. The highest BCUT2D eigenvalue weighted by molar-refractivity contribution is 6.05. The van der Waals surface area contributed by atoms with Crippen LogP contribution in [0.4, 0.5) is 0 Å². The van der Waals surface area contributed by atoms with Gasteiger partial charge in [-0.05, 0) is 23.6 Å². The lowest BCUT2D eigenvalue weighted by molar-refractivity contribution is -0.136. The number of nitrogens with zero attached hydrogens (tertiary/aromatic N) is 2. The lowest BCUT2D eigenvalue weighted by atomic mass is 10.0. The van der Waals surface area contributed by atoms with Gasteiger partial charge in [0.1, 0.15) is 6.04 Å². The van der Waals surface area contributed by atoms with E-state index in [-0.39, 0.29) is 24.1 Å². The molecule has 3 heterocycles. The van der Waals surface area contributed by atoms with Crippen molar-refractivity contribution in [2.75, 3.05) is 26.2 Å². The number of nitrogens with one attached hydrogen (secondary N) is 3. The minimum absolute atomic E-state index is 0.129. The number of rotatable bonds is 4. The predicted molar refractivity (Wildman–Crippen MR) is 93.8 cm³/mol. The van der Waals surface area contributed by atoms with Gasteiger partial charge in [0, 0.05) is 51.3 Å². The van der Waals surface area contributed by atoms with Crippen LogP contribution in [0.2, 0.25) is 0 Å². The maximum absolute atomic E-state index is 12.7. The molecule has 138 valence electrons. The molecule has 0 aromatic heterocycles. The van der Waals surface area contributed by atoms with Crippen molar-refractivity contribution in [2.45, 2.75) is 32.0 Å². The number of carbonyl (C=O) groups is 3. The molecule has 1 atom stereocenters. The highest BCUT2D eigenvalue weighted by atomic mass is 16.2. The number of hydrazine groups is 1. The van der Waals surface area contributed by atoms with Gasteiger partial charge in [-0.1, -0.05) is 12.1 Å². The topological polar surface area (TPSA) is 93.8 Å². The van der Waals surface area contributed by atoms with Crippen molar-refractivity contribution in [3.05, 3.63) is 34.9 Å². The maximum Gasteiger partial charge on any atom is 0.255 e. The largest absolute Gasteiger partial charge is 0.322 e. The Balaban J connectivity index is 1.43. The lowest BCUT2D eigenvalue weighted by Gasteiger charge is -2.29. The molecule has 8 nitrogen and oxygen atoms in total. The number of benzene rings is 1. The molecule has 8 heteroatoms. The van der Waals surface area contributed by atoms with E-state index in [1.807, 2.05) is 18.2 Å². The SMILES string of the molecule is O=C1CCC(N2Cc3cc(CNN4CCNCC4)ccc3C2=O)C(=O)N1. The number of hydrogen-bond donors (Lipinski definition) is 3. The molecule has 0 spiro atoms. The van der Waals surface area contributed by atoms with Gasteiger partial charge in [-0.25, -0.2) is 5.01 Å². The second-order valence-corrected chi connectivity index (χ2v) is 6.96. The first kappa shape index (κ1) is 17.1. The summed E-state index contributed by atoms with van der Waals surface area (Å²) >= 11 is 0. The molecule has 0 aliphatic carbocycles. The van der Waals surface area contributed by atoms with Crippen molar-refractivity contribution in [1.29, 1.82) is 0 Å². The molecule has 1 aromatic carbocycles. The van der Waals surface area contributed by atoms with E-state index in [0.29, 0.717) is 25.1 Å². The van der Waals surface area contributed by atoms with Crippen LogP contribution in [0, 0.1) is 0 Å². The van der Waals surface area contributed by atoms with Crippen molar-refractivity contribution in [1.82, 2.24) is 26.0 Å². The molecule has 2 saturated heterocycles. The monoisotopic (exact) mass is 357 g/mol. The van der Waals surface area contributed by atoms with Crippen LogP contribution in [0.25, 0.3) is 0 Å². The zero-order chi connectivity index (χ0) is 18.1. The average molecular weight is 357 g/mol. The van der Waals surface area contributed by atoms with Gasteiger partial charge in [0.25, 0.3) is 5.91 Å². The number of piperidine rings is 1. The van der Waals surface area contributed by atoms with E-state index in [1.165, 1.54) is 0 Å². The third kappa shape index (κ3) is 3.35. The van der Waals surface area contributed by atoms with Crippen molar-refractivity contribution in [2.24, 2.45) is 0 Å². The minimum Gasteiger partial charge on any atom is -0.322 e. The number of amides is 3. The molecule has 0 saturated carbocycles. The Morgan fingerprint density at radius 3 is 2.73 bits per heavy atom. The van der Waals surface area contributed by atoms with Gasteiger partial charge in [0.15, 0.2) is 0 Å². The number of carbonyl (C=O) groups excluding carboxylic acids is 3. The van der Waals surface area contributed by atoms with E-state index in [2.05, 4.69) is 21.1 Å². The first-order valence-electron chi connectivity index (χ1n) is 9.07. The summed E-state index contributed by atoms with van der Waals surface area (Å²) < 4.78 is 0. The van der Waals surface area contributed by atoms with Crippen LogP contribution < -0.4 is 16.1 Å². The molecular formula is C18H23N5O3. The van der Waals surface area contributed by atoms with Crippen LogP contribution in [-0.4, -0.2) is 59.9 Å². The summed E-state index contributed by atoms with van der Waals surface area (Å²) in [5.74, 6) is -0.768. The molecule has 3 aliphatic heterocycles. The summed E-state index contributed by atoms with van der Waals surface area (Å²) in [6, 6.07) is 5.28. The Labute approximate surface area is 151 Å². The summed E-state index contributed by atoms with van der Waals surface area (Å²) in [6.07, 6.45) is 0.665. The van der Waals surface area contributed by atoms with Crippen LogP contribution in [0.1, 0.15) is 34.3 Å². The van der Waals surface area contributed by atoms with Gasteiger partial charge in [-0.15, -0.1) is 0 Å². The number of piperazine rings is 1. The molecule has 1 unspecified atom stereocenters. The van der Waals surface area contributed by atoms with E-state index in [9.17, 15) is 14.4 Å². The van der Waals surface area contributed by atoms with E-state index in [0.717, 1.165) is 37.3 Å². The number of imide groups is 1. The highest BCUT2D eigenvalue weighted by Gasteiger charge is 2.39. The van der Waals surface area contributed by atoms with Gasteiger partial charge in [0.05, 0.1) is 0 Å². The van der Waals surface area contributed by atoms with Gasteiger partial charge >= 0.3 is 0 Å². The quantitative estimate of drug-likeness (QED) is 0.621. The summed E-state index contributed by atoms with van der Waals surface area (Å²) in [6.45, 7) is 5.01. The van der Waals surface area contributed by atoms with E-state index in [1.54, 1.807) is 4.90 Å². The van der Waals surface area contributed by atoms with Gasteiger partial charge in [0.2, 0.25) is 11.8 Å². The fourth-order valence-corrected chi connectivity index (χ4v) is 3.76. The van der Waals surface area contributed by atoms with Crippen molar-refractivity contribution in [3.63, 3.8) is 0 Å². The summed E-state index contributed by atoms with van der Waals surface area (Å²) in [5, 5.41) is 7.84. The molecule has 0 radical (unpaired) electrons. The van der Waals surface area contributed by atoms with Crippen molar-refractivity contribution in [3.8, 4) is 0 Å². The van der Waals surface area contributed by atoms with E-state index in [4.69, 9.17) is 0 Å². The zero-order valence-corrected chi connectivity index (χ0v) is 14.6.